The smallest absolute Gasteiger partial charge is 0.0212 e. The summed E-state index contributed by atoms with van der Waals surface area (Å²) < 4.78 is 0. The Hall–Kier alpha value is -0.160. The van der Waals surface area contributed by atoms with Crippen LogP contribution in [0.5, 0.6) is 0 Å². The van der Waals surface area contributed by atoms with Gasteiger partial charge in [0, 0.05) is 69.9 Å². The summed E-state index contributed by atoms with van der Waals surface area (Å²) in [5, 5.41) is 0. The molecule has 0 aromatic rings. The van der Waals surface area contributed by atoms with Crippen LogP contribution in [0.25, 0.3) is 0 Å². The maximum Gasteiger partial charge on any atom is 0.0212 e. The zero-order valence-electron chi connectivity index (χ0n) is 15.1. The van der Waals surface area contributed by atoms with Crippen LogP contribution in [0.15, 0.2) is 0 Å². The van der Waals surface area contributed by atoms with Crippen LogP contribution in [0, 0.1) is 5.41 Å². The van der Waals surface area contributed by atoms with E-state index in [-0.39, 0.29) is 0 Å². The average Bonchev–Trinajstić information content (AvgIpc) is 2.33. The second-order valence-electron chi connectivity index (χ2n) is 8.10. The van der Waals surface area contributed by atoms with Gasteiger partial charge in [-0.15, -0.1) is 0 Å². The van der Waals surface area contributed by atoms with Gasteiger partial charge >= 0.3 is 0 Å². The van der Waals surface area contributed by atoms with Crippen LogP contribution in [0.3, 0.4) is 0 Å². The molecule has 0 N–H and O–H groups in total. The summed E-state index contributed by atoms with van der Waals surface area (Å²) in [6.07, 6.45) is 0. The van der Waals surface area contributed by atoms with Gasteiger partial charge in [0.05, 0.1) is 0 Å². The molecule has 0 radical (unpaired) electrons. The monoisotopic (exact) mass is 296 g/mol. The molecule has 0 aromatic heterocycles. The van der Waals surface area contributed by atoms with Crippen molar-refractivity contribution in [2.24, 2.45) is 5.41 Å². The molecule has 0 saturated carbocycles. The van der Waals surface area contributed by atoms with Crippen LogP contribution >= 0.6 is 0 Å². The zero-order chi connectivity index (χ0) is 15.6. The highest BCUT2D eigenvalue weighted by molar-refractivity contribution is 5.05. The minimum atomic E-state index is 0.721. The average molecular weight is 297 g/mol. The standard InChI is InChI=1S/C9H18N2.C8H18N2/c1-8(2)11-6-9(7-11)4-10(3)5-9;1-8(2)10-6-4-9(3)5-7-10/h8H,4-7H2,1-3H3;8H,4-7H2,1-3H3. The van der Waals surface area contributed by atoms with Crippen LogP contribution in [0.2, 0.25) is 0 Å². The lowest BCUT2D eigenvalue weighted by Gasteiger charge is -2.60. The van der Waals surface area contributed by atoms with E-state index in [0.29, 0.717) is 0 Å². The number of likely N-dealkylation sites (N-methyl/N-ethyl adjacent to an activating group) is 1. The van der Waals surface area contributed by atoms with Crippen molar-refractivity contribution in [3.8, 4) is 0 Å². The van der Waals surface area contributed by atoms with Crippen LogP contribution < -0.4 is 0 Å². The number of likely N-dealkylation sites (tertiary alicyclic amines) is 2. The minimum Gasteiger partial charge on any atom is -0.305 e. The predicted molar refractivity (Wildman–Crippen MR) is 90.8 cm³/mol. The van der Waals surface area contributed by atoms with Crippen molar-refractivity contribution in [1.29, 1.82) is 0 Å². The molecule has 0 amide bonds. The van der Waals surface area contributed by atoms with Gasteiger partial charge in [-0.2, -0.15) is 0 Å². The predicted octanol–water partition coefficient (Wildman–Crippen LogP) is 1.28. The van der Waals surface area contributed by atoms with E-state index < -0.39 is 0 Å². The topological polar surface area (TPSA) is 13.0 Å². The summed E-state index contributed by atoms with van der Waals surface area (Å²) in [5.41, 5.74) is 0.721. The van der Waals surface area contributed by atoms with Crippen LogP contribution in [-0.4, -0.2) is 98.1 Å². The summed E-state index contributed by atoms with van der Waals surface area (Å²) in [6, 6.07) is 1.49. The van der Waals surface area contributed by atoms with Crippen LogP contribution in [0.1, 0.15) is 27.7 Å². The molecule has 3 rings (SSSR count). The molecule has 0 atom stereocenters. The fraction of sp³-hybridized carbons (Fsp3) is 1.00. The number of hydrogen-bond acceptors (Lipinski definition) is 4. The van der Waals surface area contributed by atoms with E-state index in [1.807, 2.05) is 0 Å². The first kappa shape index (κ1) is 17.2. The normalized spacial score (nSPS) is 27.4. The maximum absolute atomic E-state index is 2.56. The Bertz CT molecular complexity index is 307. The highest BCUT2D eigenvalue weighted by Crippen LogP contribution is 2.39. The second-order valence-corrected chi connectivity index (χ2v) is 8.10. The maximum atomic E-state index is 2.56. The lowest BCUT2D eigenvalue weighted by atomic mass is 9.72. The summed E-state index contributed by atoms with van der Waals surface area (Å²) in [5.74, 6) is 0. The quantitative estimate of drug-likeness (QED) is 0.761. The summed E-state index contributed by atoms with van der Waals surface area (Å²) in [7, 11) is 4.40. The fourth-order valence-corrected chi connectivity index (χ4v) is 3.82. The molecule has 0 aromatic carbocycles. The van der Waals surface area contributed by atoms with Gasteiger partial charge in [-0.25, -0.2) is 0 Å². The van der Waals surface area contributed by atoms with Crippen molar-refractivity contribution in [3.05, 3.63) is 0 Å². The van der Waals surface area contributed by atoms with Gasteiger partial charge in [0.25, 0.3) is 0 Å². The van der Waals surface area contributed by atoms with Crippen molar-refractivity contribution >= 4 is 0 Å². The molecule has 0 bridgehead atoms. The summed E-state index contributed by atoms with van der Waals surface area (Å²) in [6.45, 7) is 19.4. The van der Waals surface area contributed by atoms with E-state index in [2.05, 4.69) is 61.4 Å². The first-order chi connectivity index (χ1) is 9.81. The van der Waals surface area contributed by atoms with Gasteiger partial charge < -0.3 is 9.80 Å². The van der Waals surface area contributed by atoms with E-state index >= 15 is 0 Å². The largest absolute Gasteiger partial charge is 0.305 e. The third-order valence-corrected chi connectivity index (χ3v) is 5.29. The van der Waals surface area contributed by atoms with Gasteiger partial charge in [-0.1, -0.05) is 0 Å². The van der Waals surface area contributed by atoms with Crippen molar-refractivity contribution in [2.45, 2.75) is 39.8 Å². The Morgan fingerprint density at radius 1 is 0.619 bits per heavy atom. The molecular weight excluding hydrogens is 260 g/mol. The SMILES string of the molecule is CC(C)N1CC2(CN(C)C2)C1.CC(C)N1CCN(C)CC1. The van der Waals surface area contributed by atoms with Crippen molar-refractivity contribution in [3.63, 3.8) is 0 Å². The molecule has 4 nitrogen and oxygen atoms in total. The van der Waals surface area contributed by atoms with Crippen molar-refractivity contribution in [1.82, 2.24) is 19.6 Å². The Labute approximate surface area is 132 Å². The van der Waals surface area contributed by atoms with Gasteiger partial charge in [-0.05, 0) is 41.8 Å². The second kappa shape index (κ2) is 6.95. The van der Waals surface area contributed by atoms with Gasteiger partial charge in [0.1, 0.15) is 0 Å². The number of rotatable bonds is 2. The van der Waals surface area contributed by atoms with Crippen molar-refractivity contribution < 1.29 is 0 Å². The Balaban J connectivity index is 0.000000155. The van der Waals surface area contributed by atoms with E-state index in [1.165, 1.54) is 52.4 Å². The Morgan fingerprint density at radius 2 is 1.10 bits per heavy atom. The molecule has 4 heteroatoms. The summed E-state index contributed by atoms with van der Waals surface area (Å²) in [4.78, 5) is 9.89. The Kier molecular flexibility index (Phi) is 5.69. The molecule has 21 heavy (non-hydrogen) atoms. The van der Waals surface area contributed by atoms with Gasteiger partial charge in [0.2, 0.25) is 0 Å². The molecule has 124 valence electrons. The van der Waals surface area contributed by atoms with Gasteiger partial charge in [-0.3, -0.25) is 9.80 Å². The third kappa shape index (κ3) is 4.41. The molecule has 0 aliphatic carbocycles. The molecule has 0 unspecified atom stereocenters. The third-order valence-electron chi connectivity index (χ3n) is 5.29. The van der Waals surface area contributed by atoms with Gasteiger partial charge in [0.15, 0.2) is 0 Å². The van der Waals surface area contributed by atoms with E-state index in [9.17, 15) is 0 Å². The zero-order valence-corrected chi connectivity index (χ0v) is 15.1. The van der Waals surface area contributed by atoms with Crippen LogP contribution in [0.4, 0.5) is 0 Å². The first-order valence-electron chi connectivity index (χ1n) is 8.66. The molecule has 3 saturated heterocycles. The molecular formula is C17H36N4. The van der Waals surface area contributed by atoms with E-state index in [4.69, 9.17) is 0 Å². The molecule has 3 fully saturated rings. The molecule has 3 heterocycles. The number of piperazine rings is 1. The highest BCUT2D eigenvalue weighted by Gasteiger charge is 2.50. The highest BCUT2D eigenvalue weighted by atomic mass is 15.3. The number of nitrogens with zero attached hydrogens (tertiary/aromatic N) is 4. The van der Waals surface area contributed by atoms with E-state index in [0.717, 1.165) is 17.5 Å². The minimum absolute atomic E-state index is 0.721. The Morgan fingerprint density at radius 3 is 1.48 bits per heavy atom. The molecule has 3 aliphatic heterocycles. The van der Waals surface area contributed by atoms with E-state index in [1.54, 1.807) is 0 Å². The first-order valence-corrected chi connectivity index (χ1v) is 8.66. The molecule has 3 aliphatic rings. The molecule has 1 spiro atoms. The van der Waals surface area contributed by atoms with Crippen molar-refractivity contribution in [2.75, 3.05) is 66.5 Å². The fourth-order valence-electron chi connectivity index (χ4n) is 3.82. The lowest BCUT2D eigenvalue weighted by Crippen LogP contribution is -2.72. The lowest BCUT2D eigenvalue weighted by molar-refractivity contribution is -0.115. The van der Waals surface area contributed by atoms with Crippen LogP contribution in [-0.2, 0) is 0 Å². The number of hydrogen-bond donors (Lipinski definition) is 0. The summed E-state index contributed by atoms with van der Waals surface area (Å²) >= 11 is 0.